The molecular weight excluding hydrogens is 248 g/mol. The molecule has 1 aliphatic carbocycles. The van der Waals surface area contributed by atoms with Gasteiger partial charge in [-0.3, -0.25) is 10.1 Å². The van der Waals surface area contributed by atoms with E-state index in [2.05, 4.69) is 5.32 Å². The minimum atomic E-state index is -0.474. The van der Waals surface area contributed by atoms with E-state index in [9.17, 15) is 15.2 Å². The highest BCUT2D eigenvalue weighted by molar-refractivity contribution is 5.58. The summed E-state index contributed by atoms with van der Waals surface area (Å²) in [5.74, 6) is 0.222. The number of nitrogens with zero attached hydrogens (tertiary/aromatic N) is 1. The third kappa shape index (κ3) is 3.14. The van der Waals surface area contributed by atoms with E-state index in [0.717, 1.165) is 31.4 Å². The predicted molar refractivity (Wildman–Crippen MR) is 71.5 cm³/mol. The van der Waals surface area contributed by atoms with Crippen molar-refractivity contribution < 1.29 is 14.8 Å². The molecule has 0 aromatic heterocycles. The Morgan fingerprint density at radius 1 is 1.42 bits per heavy atom. The Kier molecular flexibility index (Phi) is 4.21. The van der Waals surface area contributed by atoms with Gasteiger partial charge in [-0.2, -0.15) is 0 Å². The summed E-state index contributed by atoms with van der Waals surface area (Å²) in [6.45, 7) is 0. The van der Waals surface area contributed by atoms with Gasteiger partial charge in [-0.1, -0.05) is 12.8 Å². The molecule has 0 saturated heterocycles. The number of hydrogen-bond donors (Lipinski definition) is 2. The average molecular weight is 266 g/mol. The number of benzene rings is 1. The number of nitro benzene ring substituents is 1. The SMILES string of the molecule is COc1cc(NC2CCCCC2O)ccc1[N+](=O)[O-]. The minimum absolute atomic E-state index is 0.0000813. The van der Waals surface area contributed by atoms with E-state index in [-0.39, 0.29) is 23.6 Å². The van der Waals surface area contributed by atoms with Crippen LogP contribution >= 0.6 is 0 Å². The number of ether oxygens (including phenoxy) is 1. The van der Waals surface area contributed by atoms with Gasteiger partial charge in [0.15, 0.2) is 5.75 Å². The third-order valence-electron chi connectivity index (χ3n) is 3.46. The van der Waals surface area contributed by atoms with E-state index in [0.29, 0.717) is 0 Å². The highest BCUT2D eigenvalue weighted by atomic mass is 16.6. The Bertz CT molecular complexity index is 464. The monoisotopic (exact) mass is 266 g/mol. The van der Waals surface area contributed by atoms with Crippen LogP contribution in [0.4, 0.5) is 11.4 Å². The molecule has 0 aliphatic heterocycles. The lowest BCUT2D eigenvalue weighted by Gasteiger charge is -2.29. The third-order valence-corrected chi connectivity index (χ3v) is 3.46. The van der Waals surface area contributed by atoms with Crippen LogP contribution < -0.4 is 10.1 Å². The number of nitrogens with one attached hydrogen (secondary N) is 1. The van der Waals surface area contributed by atoms with Crippen LogP contribution in [0.25, 0.3) is 0 Å². The number of aliphatic hydroxyl groups excluding tert-OH is 1. The Labute approximate surface area is 111 Å². The predicted octanol–water partition coefficient (Wildman–Crippen LogP) is 2.32. The van der Waals surface area contributed by atoms with Gasteiger partial charge < -0.3 is 15.2 Å². The van der Waals surface area contributed by atoms with Crippen molar-refractivity contribution in [2.75, 3.05) is 12.4 Å². The lowest BCUT2D eigenvalue weighted by molar-refractivity contribution is -0.385. The van der Waals surface area contributed by atoms with Crippen LogP contribution in [0, 0.1) is 10.1 Å². The molecule has 104 valence electrons. The molecule has 1 fully saturated rings. The zero-order valence-electron chi connectivity index (χ0n) is 10.8. The summed E-state index contributed by atoms with van der Waals surface area (Å²) in [7, 11) is 1.40. The summed E-state index contributed by atoms with van der Waals surface area (Å²) in [5, 5.41) is 23.9. The highest BCUT2D eigenvalue weighted by Gasteiger charge is 2.23. The van der Waals surface area contributed by atoms with Crippen molar-refractivity contribution in [3.05, 3.63) is 28.3 Å². The first-order chi connectivity index (χ1) is 9.11. The van der Waals surface area contributed by atoms with Crippen LogP contribution in [0.3, 0.4) is 0 Å². The van der Waals surface area contributed by atoms with E-state index in [1.54, 1.807) is 12.1 Å². The smallest absolute Gasteiger partial charge is 0.311 e. The van der Waals surface area contributed by atoms with Gasteiger partial charge in [0.1, 0.15) is 0 Å². The van der Waals surface area contributed by atoms with Crippen molar-refractivity contribution in [2.24, 2.45) is 0 Å². The molecule has 6 nitrogen and oxygen atoms in total. The molecule has 1 saturated carbocycles. The number of aliphatic hydroxyl groups is 1. The molecule has 2 unspecified atom stereocenters. The Balaban J connectivity index is 2.14. The van der Waals surface area contributed by atoms with Gasteiger partial charge in [0, 0.05) is 17.8 Å². The van der Waals surface area contributed by atoms with E-state index in [1.165, 1.54) is 13.2 Å². The first kappa shape index (κ1) is 13.6. The normalized spacial score (nSPS) is 22.8. The quantitative estimate of drug-likeness (QED) is 0.645. The largest absolute Gasteiger partial charge is 0.490 e. The summed E-state index contributed by atoms with van der Waals surface area (Å²) in [4.78, 5) is 10.3. The second-order valence-electron chi connectivity index (χ2n) is 4.75. The number of hydrogen-bond acceptors (Lipinski definition) is 5. The fraction of sp³-hybridized carbons (Fsp3) is 0.538. The van der Waals surface area contributed by atoms with Gasteiger partial charge in [0.25, 0.3) is 0 Å². The van der Waals surface area contributed by atoms with Gasteiger partial charge in [0.05, 0.1) is 24.2 Å². The second-order valence-corrected chi connectivity index (χ2v) is 4.75. The van der Waals surface area contributed by atoms with Crippen LogP contribution in [0.2, 0.25) is 0 Å². The van der Waals surface area contributed by atoms with Crippen LogP contribution in [-0.4, -0.2) is 29.3 Å². The van der Waals surface area contributed by atoms with Crippen molar-refractivity contribution in [3.63, 3.8) is 0 Å². The summed E-state index contributed by atoms with van der Waals surface area (Å²) >= 11 is 0. The maximum Gasteiger partial charge on any atom is 0.311 e. The maximum absolute atomic E-state index is 10.8. The minimum Gasteiger partial charge on any atom is -0.490 e. The topological polar surface area (TPSA) is 84.6 Å². The fourth-order valence-corrected chi connectivity index (χ4v) is 2.41. The van der Waals surface area contributed by atoms with Crippen molar-refractivity contribution in [1.29, 1.82) is 0 Å². The lowest BCUT2D eigenvalue weighted by Crippen LogP contribution is -2.36. The summed E-state index contributed by atoms with van der Waals surface area (Å²) in [6.07, 6.45) is 3.46. The van der Waals surface area contributed by atoms with E-state index < -0.39 is 4.92 Å². The van der Waals surface area contributed by atoms with Crippen LogP contribution in [-0.2, 0) is 0 Å². The molecular formula is C13H18N2O4. The van der Waals surface area contributed by atoms with Gasteiger partial charge >= 0.3 is 5.69 Å². The van der Waals surface area contributed by atoms with E-state index >= 15 is 0 Å². The van der Waals surface area contributed by atoms with E-state index in [1.807, 2.05) is 0 Å². The fourth-order valence-electron chi connectivity index (χ4n) is 2.41. The number of rotatable bonds is 4. The summed E-state index contributed by atoms with van der Waals surface area (Å²) < 4.78 is 5.02. The van der Waals surface area contributed by atoms with Gasteiger partial charge in [-0.15, -0.1) is 0 Å². The van der Waals surface area contributed by atoms with Crippen LogP contribution in [0.5, 0.6) is 5.75 Å². The Hall–Kier alpha value is -1.82. The molecule has 1 aromatic carbocycles. The molecule has 0 heterocycles. The number of anilines is 1. The van der Waals surface area contributed by atoms with Crippen molar-refractivity contribution in [3.8, 4) is 5.75 Å². The maximum atomic E-state index is 10.8. The number of methoxy groups -OCH3 is 1. The van der Waals surface area contributed by atoms with Crippen LogP contribution in [0.1, 0.15) is 25.7 Å². The summed E-state index contributed by atoms with van der Waals surface area (Å²) in [6, 6.07) is 4.65. The first-order valence-electron chi connectivity index (χ1n) is 6.39. The molecule has 2 N–H and O–H groups in total. The second kappa shape index (κ2) is 5.88. The zero-order valence-corrected chi connectivity index (χ0v) is 10.8. The molecule has 6 heteroatoms. The molecule has 0 radical (unpaired) electrons. The highest BCUT2D eigenvalue weighted by Crippen LogP contribution is 2.31. The number of nitro groups is 1. The average Bonchev–Trinajstić information content (AvgIpc) is 2.41. The molecule has 0 bridgehead atoms. The summed E-state index contributed by atoms with van der Waals surface area (Å²) in [5.41, 5.74) is 0.672. The molecule has 0 amide bonds. The first-order valence-corrected chi connectivity index (χ1v) is 6.39. The van der Waals surface area contributed by atoms with Gasteiger partial charge in [0.2, 0.25) is 0 Å². The molecule has 1 aromatic rings. The zero-order chi connectivity index (χ0) is 13.8. The lowest BCUT2D eigenvalue weighted by atomic mass is 9.92. The van der Waals surface area contributed by atoms with Crippen LogP contribution in [0.15, 0.2) is 18.2 Å². The molecule has 0 spiro atoms. The molecule has 2 atom stereocenters. The molecule has 2 rings (SSSR count). The standard InChI is InChI=1S/C13H18N2O4/c1-19-13-8-9(6-7-11(13)15(17)18)14-10-4-2-3-5-12(10)16/h6-8,10,12,14,16H,2-5H2,1H3. The van der Waals surface area contributed by atoms with Gasteiger partial charge in [-0.05, 0) is 18.9 Å². The van der Waals surface area contributed by atoms with Crippen molar-refractivity contribution >= 4 is 11.4 Å². The molecule has 19 heavy (non-hydrogen) atoms. The van der Waals surface area contributed by atoms with Crippen molar-refractivity contribution in [2.45, 2.75) is 37.8 Å². The van der Waals surface area contributed by atoms with Crippen molar-refractivity contribution in [1.82, 2.24) is 0 Å². The van der Waals surface area contributed by atoms with Gasteiger partial charge in [-0.25, -0.2) is 0 Å². The molecule has 1 aliphatic rings. The van der Waals surface area contributed by atoms with E-state index in [4.69, 9.17) is 4.74 Å². The Morgan fingerprint density at radius 2 is 2.16 bits per heavy atom. The Morgan fingerprint density at radius 3 is 2.79 bits per heavy atom.